The van der Waals surface area contributed by atoms with Gasteiger partial charge in [0.2, 0.25) is 0 Å². The van der Waals surface area contributed by atoms with Crippen molar-refractivity contribution in [3.63, 3.8) is 0 Å². The molecule has 1 aliphatic carbocycles. The predicted molar refractivity (Wildman–Crippen MR) is 152 cm³/mol. The molecule has 0 bridgehead atoms. The minimum Gasteiger partial charge on any atom is -0.383 e. The third-order valence-electron chi connectivity index (χ3n) is 6.03. The Balaban J connectivity index is 2.15. The van der Waals surface area contributed by atoms with Crippen LogP contribution in [0.4, 0.5) is 5.82 Å². The van der Waals surface area contributed by atoms with Crippen LogP contribution in [-0.4, -0.2) is 41.8 Å². The maximum Gasteiger partial charge on any atom is 0.136 e. The molecule has 2 aromatic rings. The molecule has 1 aliphatic rings. The summed E-state index contributed by atoms with van der Waals surface area (Å²) in [7, 11) is 4.03. The molecule has 2 atom stereocenters. The van der Waals surface area contributed by atoms with Gasteiger partial charge in [0.1, 0.15) is 5.82 Å². The van der Waals surface area contributed by atoms with Crippen molar-refractivity contribution in [1.29, 1.82) is 0 Å². The van der Waals surface area contributed by atoms with Gasteiger partial charge in [-0.3, -0.25) is 4.99 Å². The third kappa shape index (κ3) is 6.80. The van der Waals surface area contributed by atoms with Crippen molar-refractivity contribution in [1.82, 2.24) is 9.88 Å². The number of nitrogens with one attached hydrogen (secondary N) is 1. The minimum absolute atomic E-state index is 0.234. The summed E-state index contributed by atoms with van der Waals surface area (Å²) in [5.41, 5.74) is 14.0. The summed E-state index contributed by atoms with van der Waals surface area (Å²) >= 11 is 0. The molecule has 1 heterocycles. The Morgan fingerprint density at radius 1 is 1.26 bits per heavy atom. The average Bonchev–Trinajstić information content (AvgIpc) is 3.22. The Kier molecular flexibility index (Phi) is 8.83. The van der Waals surface area contributed by atoms with E-state index < -0.39 is 0 Å². The topological polar surface area (TPSA) is 66.5 Å². The summed E-state index contributed by atoms with van der Waals surface area (Å²) < 4.78 is 0. The summed E-state index contributed by atoms with van der Waals surface area (Å²) in [6.45, 7) is 14.0. The van der Waals surface area contributed by atoms with Gasteiger partial charge in [0.25, 0.3) is 0 Å². The van der Waals surface area contributed by atoms with Crippen molar-refractivity contribution in [3.8, 4) is 11.3 Å². The minimum atomic E-state index is 0.234. The number of aryl methyl sites for hydroxylation is 1. The Morgan fingerprint density at radius 2 is 2.03 bits per heavy atom. The lowest BCUT2D eigenvalue weighted by Gasteiger charge is -2.20. The molecule has 35 heavy (non-hydrogen) atoms. The monoisotopic (exact) mass is 469 g/mol. The van der Waals surface area contributed by atoms with Crippen molar-refractivity contribution in [2.75, 3.05) is 19.4 Å². The van der Waals surface area contributed by atoms with Crippen LogP contribution in [0.5, 0.6) is 0 Å². The molecule has 184 valence electrons. The maximum atomic E-state index is 6.20. The zero-order valence-electron chi connectivity index (χ0n) is 21.8. The number of hydrogen-bond donors (Lipinski definition) is 2. The Hall–Kier alpha value is -3.44. The van der Waals surface area contributed by atoms with E-state index in [1.165, 1.54) is 0 Å². The average molecular weight is 470 g/mol. The quantitative estimate of drug-likeness (QED) is 0.332. The number of rotatable bonds is 9. The molecular formula is C30H39N5. The SMILES string of the molecule is C=C/C(=C\N(C)C)c1cccc(-c2nc(N[C@H]3CCC(N)C3)c(C(/C=C\C)=NC(=C)C)cc2C)c1. The summed E-state index contributed by atoms with van der Waals surface area (Å²) in [6.07, 6.45) is 11.0. The Labute approximate surface area is 210 Å². The van der Waals surface area contributed by atoms with Gasteiger partial charge in [0.15, 0.2) is 0 Å². The van der Waals surface area contributed by atoms with Crippen LogP contribution in [0, 0.1) is 6.92 Å². The van der Waals surface area contributed by atoms with E-state index in [1.54, 1.807) is 0 Å². The normalized spacial score (nSPS) is 18.7. The zero-order chi connectivity index (χ0) is 25.5. The van der Waals surface area contributed by atoms with Crippen LogP contribution in [-0.2, 0) is 0 Å². The van der Waals surface area contributed by atoms with Crippen LogP contribution < -0.4 is 11.1 Å². The van der Waals surface area contributed by atoms with Crippen LogP contribution >= 0.6 is 0 Å². The highest BCUT2D eigenvalue weighted by atomic mass is 15.0. The van der Waals surface area contributed by atoms with E-state index in [4.69, 9.17) is 15.7 Å². The van der Waals surface area contributed by atoms with Crippen molar-refractivity contribution in [3.05, 3.63) is 90.3 Å². The molecule has 5 heteroatoms. The molecule has 0 radical (unpaired) electrons. The second kappa shape index (κ2) is 11.8. The van der Waals surface area contributed by atoms with E-state index >= 15 is 0 Å². The van der Waals surface area contributed by atoms with Gasteiger partial charge in [-0.1, -0.05) is 43.5 Å². The van der Waals surface area contributed by atoms with Gasteiger partial charge in [-0.05, 0) is 74.9 Å². The van der Waals surface area contributed by atoms with Crippen LogP contribution in [0.15, 0.2) is 78.6 Å². The van der Waals surface area contributed by atoms with Gasteiger partial charge in [0, 0.05) is 49.2 Å². The first-order valence-corrected chi connectivity index (χ1v) is 12.2. The van der Waals surface area contributed by atoms with Crippen molar-refractivity contribution in [2.45, 2.75) is 52.1 Å². The molecule has 1 unspecified atom stereocenters. The van der Waals surface area contributed by atoms with E-state index in [9.17, 15) is 0 Å². The Morgan fingerprint density at radius 3 is 2.63 bits per heavy atom. The van der Waals surface area contributed by atoms with E-state index in [1.807, 2.05) is 51.1 Å². The number of pyridine rings is 1. The first-order valence-electron chi connectivity index (χ1n) is 12.2. The molecule has 5 nitrogen and oxygen atoms in total. The molecule has 1 aromatic carbocycles. The van der Waals surface area contributed by atoms with Gasteiger partial charge in [-0.2, -0.15) is 0 Å². The predicted octanol–water partition coefficient (Wildman–Crippen LogP) is 6.34. The molecule has 1 fully saturated rings. The van der Waals surface area contributed by atoms with Gasteiger partial charge >= 0.3 is 0 Å². The first kappa shape index (κ1) is 26.2. The number of aliphatic imine (C=N–C) groups is 1. The van der Waals surface area contributed by atoms with E-state index in [-0.39, 0.29) is 6.04 Å². The second-order valence-corrected chi connectivity index (χ2v) is 9.53. The van der Waals surface area contributed by atoms with Gasteiger partial charge in [0.05, 0.1) is 11.4 Å². The molecule has 0 spiro atoms. The van der Waals surface area contributed by atoms with Crippen molar-refractivity contribution in [2.24, 2.45) is 10.7 Å². The number of aromatic nitrogens is 1. The highest BCUT2D eigenvalue weighted by molar-refractivity contribution is 6.12. The van der Waals surface area contributed by atoms with Gasteiger partial charge < -0.3 is 16.0 Å². The van der Waals surface area contributed by atoms with Crippen LogP contribution in [0.1, 0.15) is 49.8 Å². The number of benzene rings is 1. The number of nitrogens with zero attached hydrogens (tertiary/aromatic N) is 3. The van der Waals surface area contributed by atoms with Crippen LogP contribution in [0.3, 0.4) is 0 Å². The van der Waals surface area contributed by atoms with Gasteiger partial charge in [-0.25, -0.2) is 4.98 Å². The fourth-order valence-electron chi connectivity index (χ4n) is 4.47. The fraction of sp³-hybridized carbons (Fsp3) is 0.333. The molecule has 0 saturated heterocycles. The fourth-order valence-corrected chi connectivity index (χ4v) is 4.47. The number of allylic oxidation sites excluding steroid dienone is 5. The summed E-state index contributed by atoms with van der Waals surface area (Å²) in [5, 5.41) is 3.69. The highest BCUT2D eigenvalue weighted by Gasteiger charge is 2.24. The summed E-state index contributed by atoms with van der Waals surface area (Å²) in [5.74, 6) is 0.834. The van der Waals surface area contributed by atoms with E-state index in [0.29, 0.717) is 6.04 Å². The Bertz CT molecular complexity index is 1170. The van der Waals surface area contributed by atoms with Crippen LogP contribution in [0.2, 0.25) is 0 Å². The van der Waals surface area contributed by atoms with E-state index in [2.05, 4.69) is 61.9 Å². The van der Waals surface area contributed by atoms with Crippen molar-refractivity contribution >= 4 is 17.1 Å². The molecule has 1 saturated carbocycles. The molecular weight excluding hydrogens is 430 g/mol. The summed E-state index contributed by atoms with van der Waals surface area (Å²) in [6, 6.07) is 11.2. The lowest BCUT2D eigenvalue weighted by atomic mass is 9.98. The standard InChI is InChI=1S/C30H39N5/c1-8-11-28(32-20(3)4)27-16-21(5)29(34-30(27)33-26-15-14-25(31)18-26)24-13-10-12-23(17-24)22(9-2)19-35(6)7/h8-13,16-17,19,25-26H,2-3,14-15,18,31H2,1,4-7H3,(H,33,34)/b11-8-,22-19+,32-28?/t25?,26-/m0/s1. The maximum absolute atomic E-state index is 6.20. The molecule has 3 rings (SSSR count). The van der Waals surface area contributed by atoms with E-state index in [0.717, 1.165) is 70.0 Å². The number of anilines is 1. The molecule has 3 N–H and O–H groups in total. The number of hydrogen-bond acceptors (Lipinski definition) is 5. The smallest absolute Gasteiger partial charge is 0.136 e. The largest absolute Gasteiger partial charge is 0.383 e. The lowest BCUT2D eigenvalue weighted by Crippen LogP contribution is -2.22. The van der Waals surface area contributed by atoms with Crippen molar-refractivity contribution < 1.29 is 0 Å². The van der Waals surface area contributed by atoms with Gasteiger partial charge in [-0.15, -0.1) is 0 Å². The highest BCUT2D eigenvalue weighted by Crippen LogP contribution is 2.31. The second-order valence-electron chi connectivity index (χ2n) is 9.53. The lowest BCUT2D eigenvalue weighted by molar-refractivity contribution is 0.566. The molecule has 0 aliphatic heterocycles. The summed E-state index contributed by atoms with van der Waals surface area (Å²) in [4.78, 5) is 11.9. The molecule has 0 amide bonds. The number of nitrogens with two attached hydrogens (primary N) is 1. The third-order valence-corrected chi connectivity index (χ3v) is 6.03. The zero-order valence-corrected chi connectivity index (χ0v) is 21.8. The first-order chi connectivity index (χ1) is 16.7. The molecule has 1 aromatic heterocycles. The van der Waals surface area contributed by atoms with Crippen LogP contribution in [0.25, 0.3) is 16.8 Å².